The molecule has 46 heavy (non-hydrogen) atoms. The second-order valence-electron chi connectivity index (χ2n) is 14.2. The molecular formula is C39H75NO6. The Balaban J connectivity index is 4.74. The van der Waals surface area contributed by atoms with E-state index in [1.54, 1.807) is 0 Å². The highest BCUT2D eigenvalue weighted by Crippen LogP contribution is 2.18. The topological polar surface area (TPSA) is 82.1 Å². The summed E-state index contributed by atoms with van der Waals surface area (Å²) in [6.45, 7) is 12.8. The summed E-state index contributed by atoms with van der Waals surface area (Å²) in [5.41, 5.74) is -0.675. The molecule has 7 heteroatoms. The number of unbranched alkanes of at least 4 members (excludes halogenated alkanes) is 18. The normalized spacial score (nSPS) is 11.5. The van der Waals surface area contributed by atoms with E-state index < -0.39 is 11.7 Å². The Morgan fingerprint density at radius 3 is 1.37 bits per heavy atom. The first-order valence-corrected chi connectivity index (χ1v) is 19.5. The van der Waals surface area contributed by atoms with Crippen LogP contribution in [0.25, 0.3) is 0 Å². The summed E-state index contributed by atoms with van der Waals surface area (Å²) in [6, 6.07) is 0. The zero-order valence-corrected chi connectivity index (χ0v) is 31.3. The lowest BCUT2D eigenvalue weighted by molar-refractivity contribution is -0.150. The van der Waals surface area contributed by atoms with E-state index >= 15 is 0 Å². The van der Waals surface area contributed by atoms with Crippen molar-refractivity contribution >= 4 is 18.0 Å². The maximum Gasteiger partial charge on any atom is 0.410 e. The molecule has 1 amide bonds. The number of esters is 2. The van der Waals surface area contributed by atoms with Crippen molar-refractivity contribution in [2.75, 3.05) is 19.7 Å². The van der Waals surface area contributed by atoms with E-state index in [9.17, 15) is 14.4 Å². The highest BCUT2D eigenvalue weighted by molar-refractivity contribution is 5.74. The lowest BCUT2D eigenvalue weighted by atomic mass is 10.0. The monoisotopic (exact) mass is 654 g/mol. The SMILES string of the molecule is CCCCCCCCCCCOC(=O)CCN(CCC(=O)OC(CCCCCCCC)CCCCCCCC)C(=O)OC(C)(C)C. The quantitative estimate of drug-likeness (QED) is 0.0420. The zero-order chi connectivity index (χ0) is 34.3. The Morgan fingerprint density at radius 2 is 0.935 bits per heavy atom. The second-order valence-corrected chi connectivity index (χ2v) is 14.2. The van der Waals surface area contributed by atoms with Crippen LogP contribution in [0.5, 0.6) is 0 Å². The Labute approximate surface area is 284 Å². The van der Waals surface area contributed by atoms with Gasteiger partial charge in [-0.3, -0.25) is 9.59 Å². The third-order valence-corrected chi connectivity index (χ3v) is 8.39. The number of hydrogen-bond acceptors (Lipinski definition) is 6. The Hall–Kier alpha value is -1.79. The molecule has 7 nitrogen and oxygen atoms in total. The van der Waals surface area contributed by atoms with Crippen LogP contribution in [0.1, 0.15) is 202 Å². The molecule has 0 aromatic heterocycles. The van der Waals surface area contributed by atoms with Gasteiger partial charge in [-0.15, -0.1) is 0 Å². The molecule has 0 saturated carbocycles. The molecule has 0 aromatic carbocycles. The minimum absolute atomic E-state index is 0.0733. The number of nitrogens with zero attached hydrogens (tertiary/aromatic N) is 1. The van der Waals surface area contributed by atoms with Crippen LogP contribution in [0.4, 0.5) is 4.79 Å². The fourth-order valence-corrected chi connectivity index (χ4v) is 5.56. The molecule has 0 radical (unpaired) electrons. The van der Waals surface area contributed by atoms with E-state index in [1.165, 1.54) is 114 Å². The fourth-order valence-electron chi connectivity index (χ4n) is 5.56. The van der Waals surface area contributed by atoms with Crippen molar-refractivity contribution in [2.45, 2.75) is 214 Å². The minimum atomic E-state index is -0.675. The van der Waals surface area contributed by atoms with Crippen LogP contribution in [0.2, 0.25) is 0 Å². The van der Waals surface area contributed by atoms with Crippen LogP contribution in [0.3, 0.4) is 0 Å². The smallest absolute Gasteiger partial charge is 0.410 e. The highest BCUT2D eigenvalue weighted by Gasteiger charge is 2.24. The summed E-state index contributed by atoms with van der Waals surface area (Å²) in [5.74, 6) is -0.614. The number of rotatable bonds is 31. The molecule has 0 N–H and O–H groups in total. The maximum atomic E-state index is 13.0. The van der Waals surface area contributed by atoms with Gasteiger partial charge in [0.15, 0.2) is 0 Å². The molecule has 0 rings (SSSR count). The standard InChI is InChI=1S/C39H75NO6/c1-7-10-13-16-19-20-21-24-27-34-44-36(41)30-32-40(38(43)46-39(4,5)6)33-31-37(42)45-35(28-25-22-17-14-11-8-2)29-26-23-18-15-12-9-3/h35H,7-34H2,1-6H3. The van der Waals surface area contributed by atoms with Gasteiger partial charge in [-0.25, -0.2) is 4.79 Å². The van der Waals surface area contributed by atoms with Gasteiger partial charge in [0.25, 0.3) is 0 Å². The van der Waals surface area contributed by atoms with E-state index in [0.29, 0.717) is 6.61 Å². The molecule has 0 aliphatic heterocycles. The van der Waals surface area contributed by atoms with Crippen LogP contribution in [0, 0.1) is 0 Å². The molecule has 0 atom stereocenters. The largest absolute Gasteiger partial charge is 0.466 e. The number of carbonyl (C=O) groups is 3. The molecule has 0 bridgehead atoms. The Kier molecular flexibility index (Phi) is 29.3. The average molecular weight is 654 g/mol. The van der Waals surface area contributed by atoms with Gasteiger partial charge in [0.05, 0.1) is 19.4 Å². The Bertz CT molecular complexity index is 718. The summed E-state index contributed by atoms with van der Waals surface area (Å²) in [5, 5.41) is 0. The van der Waals surface area contributed by atoms with Crippen molar-refractivity contribution in [1.29, 1.82) is 0 Å². The summed E-state index contributed by atoms with van der Waals surface area (Å²) in [7, 11) is 0. The fraction of sp³-hybridized carbons (Fsp3) is 0.923. The minimum Gasteiger partial charge on any atom is -0.466 e. The van der Waals surface area contributed by atoms with Crippen molar-refractivity contribution in [3.05, 3.63) is 0 Å². The first kappa shape index (κ1) is 44.2. The number of amides is 1. The molecule has 0 fully saturated rings. The summed E-state index contributed by atoms with van der Waals surface area (Å²) >= 11 is 0. The van der Waals surface area contributed by atoms with Crippen molar-refractivity contribution in [3.63, 3.8) is 0 Å². The lowest BCUT2D eigenvalue weighted by Crippen LogP contribution is -2.39. The van der Waals surface area contributed by atoms with Gasteiger partial charge in [-0.2, -0.15) is 0 Å². The van der Waals surface area contributed by atoms with Crippen LogP contribution in [-0.4, -0.2) is 54.3 Å². The van der Waals surface area contributed by atoms with Crippen molar-refractivity contribution < 1.29 is 28.6 Å². The van der Waals surface area contributed by atoms with Crippen molar-refractivity contribution in [3.8, 4) is 0 Å². The first-order valence-electron chi connectivity index (χ1n) is 19.5. The van der Waals surface area contributed by atoms with E-state index in [-0.39, 0.29) is 44.0 Å². The van der Waals surface area contributed by atoms with Crippen molar-refractivity contribution in [1.82, 2.24) is 4.90 Å². The van der Waals surface area contributed by atoms with Crippen LogP contribution >= 0.6 is 0 Å². The summed E-state index contributed by atoms with van der Waals surface area (Å²) in [4.78, 5) is 39.8. The number of carbonyl (C=O) groups excluding carboxylic acids is 3. The van der Waals surface area contributed by atoms with Crippen LogP contribution < -0.4 is 0 Å². The van der Waals surface area contributed by atoms with E-state index in [4.69, 9.17) is 14.2 Å². The summed E-state index contributed by atoms with van der Waals surface area (Å²) in [6.07, 6.45) is 26.7. The van der Waals surface area contributed by atoms with Crippen LogP contribution in [0.15, 0.2) is 0 Å². The van der Waals surface area contributed by atoms with Gasteiger partial charge < -0.3 is 19.1 Å². The van der Waals surface area contributed by atoms with Crippen molar-refractivity contribution in [2.24, 2.45) is 0 Å². The predicted molar refractivity (Wildman–Crippen MR) is 191 cm³/mol. The van der Waals surface area contributed by atoms with Gasteiger partial charge in [-0.05, 0) is 52.9 Å². The Morgan fingerprint density at radius 1 is 0.543 bits per heavy atom. The zero-order valence-electron chi connectivity index (χ0n) is 31.3. The number of hydrogen-bond donors (Lipinski definition) is 0. The number of ether oxygens (including phenoxy) is 3. The van der Waals surface area contributed by atoms with Gasteiger partial charge in [0.2, 0.25) is 0 Å². The average Bonchev–Trinajstić information content (AvgIpc) is 3.00. The second kappa shape index (κ2) is 30.5. The van der Waals surface area contributed by atoms with E-state index in [1.807, 2.05) is 20.8 Å². The molecular weight excluding hydrogens is 578 g/mol. The van der Waals surface area contributed by atoms with Gasteiger partial charge >= 0.3 is 18.0 Å². The maximum absolute atomic E-state index is 13.0. The molecule has 0 spiro atoms. The summed E-state index contributed by atoms with van der Waals surface area (Å²) < 4.78 is 17.0. The van der Waals surface area contributed by atoms with Gasteiger partial charge in [-0.1, -0.05) is 136 Å². The van der Waals surface area contributed by atoms with Gasteiger partial charge in [0, 0.05) is 13.1 Å². The molecule has 0 aromatic rings. The molecule has 0 saturated heterocycles. The van der Waals surface area contributed by atoms with Gasteiger partial charge in [0.1, 0.15) is 11.7 Å². The first-order chi connectivity index (χ1) is 22.1. The lowest BCUT2D eigenvalue weighted by Gasteiger charge is -2.27. The molecule has 272 valence electrons. The molecule has 0 aliphatic rings. The van der Waals surface area contributed by atoms with E-state index in [2.05, 4.69) is 20.8 Å². The predicted octanol–water partition coefficient (Wildman–Crippen LogP) is 11.5. The van der Waals surface area contributed by atoms with E-state index in [0.717, 1.165) is 38.5 Å². The molecule has 0 heterocycles. The van der Waals surface area contributed by atoms with Crippen LogP contribution in [-0.2, 0) is 23.8 Å². The third kappa shape index (κ3) is 29.6. The third-order valence-electron chi connectivity index (χ3n) is 8.39. The molecule has 0 aliphatic carbocycles. The molecule has 0 unspecified atom stereocenters. The highest BCUT2D eigenvalue weighted by atomic mass is 16.6.